The number of carbonyl (C=O) groups excluding carboxylic acids is 3. The molecular formula is C38H46N4O5. The van der Waals surface area contributed by atoms with Crippen molar-refractivity contribution in [2.75, 3.05) is 38.0 Å². The van der Waals surface area contributed by atoms with E-state index in [2.05, 4.69) is 21.0 Å². The first-order chi connectivity index (χ1) is 22.2. The van der Waals surface area contributed by atoms with Gasteiger partial charge in [-0.2, -0.15) is 0 Å². The van der Waals surface area contributed by atoms with Crippen molar-refractivity contribution in [3.63, 3.8) is 0 Å². The molecule has 2 heterocycles. The van der Waals surface area contributed by atoms with Crippen LogP contribution in [-0.2, 0) is 22.4 Å². The fraction of sp³-hybridized carbons (Fsp3) is 0.395. The molecule has 3 aromatic carbocycles. The molecule has 1 N–H and O–H groups in total. The van der Waals surface area contributed by atoms with E-state index in [1.54, 1.807) is 4.90 Å². The van der Waals surface area contributed by atoms with Gasteiger partial charge >= 0.3 is 12.2 Å². The lowest BCUT2D eigenvalue weighted by atomic mass is 9.96. The Kier molecular flexibility index (Phi) is 10.1. The van der Waals surface area contributed by atoms with E-state index < -0.39 is 17.3 Å². The maximum Gasteiger partial charge on any atom is 0.412 e. The molecule has 0 unspecified atom stereocenters. The molecule has 1 saturated heterocycles. The molecule has 0 bridgehead atoms. The number of carbonyl (C=O) groups is 3. The van der Waals surface area contributed by atoms with E-state index in [0.29, 0.717) is 29.9 Å². The smallest absolute Gasteiger partial charge is 0.412 e. The zero-order chi connectivity index (χ0) is 33.8. The van der Waals surface area contributed by atoms with Gasteiger partial charge in [-0.15, -0.1) is 0 Å². The van der Waals surface area contributed by atoms with E-state index in [9.17, 15) is 14.4 Å². The quantitative estimate of drug-likeness (QED) is 0.200. The van der Waals surface area contributed by atoms with E-state index in [4.69, 9.17) is 9.47 Å². The van der Waals surface area contributed by atoms with Crippen molar-refractivity contribution in [1.82, 2.24) is 14.4 Å². The maximum absolute atomic E-state index is 13.7. The number of fused-ring (bicyclic) bond motifs is 1. The van der Waals surface area contributed by atoms with Crippen molar-refractivity contribution >= 4 is 34.6 Å². The minimum atomic E-state index is -0.646. The van der Waals surface area contributed by atoms with Gasteiger partial charge in [0.15, 0.2) is 5.78 Å². The zero-order valence-electron chi connectivity index (χ0n) is 28.3. The molecule has 0 saturated carbocycles. The second-order valence-corrected chi connectivity index (χ2v) is 14.1. The monoisotopic (exact) mass is 638 g/mol. The number of benzene rings is 3. The zero-order valence-corrected chi connectivity index (χ0v) is 28.3. The Labute approximate surface area is 277 Å². The van der Waals surface area contributed by atoms with Gasteiger partial charge in [0.25, 0.3) is 0 Å². The molecular weight excluding hydrogens is 592 g/mol. The SMILES string of the molecule is CC(C)(C)OC(=O)Nc1ccc(-c2ccccc2)cc1CC(=O)c1ccc2c(ccn2CCN2CCN(C(=O)OC(C)(C)C)CC2)c1. The van der Waals surface area contributed by atoms with Gasteiger partial charge in [0.1, 0.15) is 11.2 Å². The van der Waals surface area contributed by atoms with E-state index in [1.165, 1.54) is 0 Å². The summed E-state index contributed by atoms with van der Waals surface area (Å²) in [5.41, 5.74) is 3.78. The number of amides is 2. The van der Waals surface area contributed by atoms with Gasteiger partial charge in [-0.1, -0.05) is 36.4 Å². The summed E-state index contributed by atoms with van der Waals surface area (Å²) in [5.74, 6) is -0.0417. The van der Waals surface area contributed by atoms with Crippen molar-refractivity contribution in [2.45, 2.75) is 65.7 Å². The molecule has 5 rings (SSSR count). The Bertz CT molecular complexity index is 1720. The predicted molar refractivity (Wildman–Crippen MR) is 186 cm³/mol. The molecule has 0 radical (unpaired) electrons. The van der Waals surface area contributed by atoms with Crippen LogP contribution in [0.15, 0.2) is 79.0 Å². The second-order valence-electron chi connectivity index (χ2n) is 14.1. The Morgan fingerprint density at radius 3 is 2.13 bits per heavy atom. The lowest BCUT2D eigenvalue weighted by Crippen LogP contribution is -2.50. The molecule has 1 aromatic heterocycles. The van der Waals surface area contributed by atoms with Crippen LogP contribution in [0.3, 0.4) is 0 Å². The van der Waals surface area contributed by atoms with E-state index in [1.807, 2.05) is 114 Å². The topological polar surface area (TPSA) is 93.1 Å². The molecule has 9 heteroatoms. The van der Waals surface area contributed by atoms with Crippen LogP contribution >= 0.6 is 0 Å². The molecule has 0 aliphatic carbocycles. The Morgan fingerprint density at radius 2 is 1.45 bits per heavy atom. The van der Waals surface area contributed by atoms with Gasteiger partial charge in [-0.3, -0.25) is 15.0 Å². The number of hydrogen-bond donors (Lipinski definition) is 1. The van der Waals surface area contributed by atoms with Gasteiger partial charge in [0.05, 0.1) is 0 Å². The lowest BCUT2D eigenvalue weighted by Gasteiger charge is -2.35. The molecule has 9 nitrogen and oxygen atoms in total. The average molecular weight is 639 g/mol. The van der Waals surface area contributed by atoms with E-state index >= 15 is 0 Å². The third-order valence-electron chi connectivity index (χ3n) is 7.97. The Morgan fingerprint density at radius 1 is 0.745 bits per heavy atom. The number of aromatic nitrogens is 1. The minimum absolute atomic E-state index is 0.0417. The normalized spacial score (nSPS) is 14.2. The lowest BCUT2D eigenvalue weighted by molar-refractivity contribution is 0.0143. The van der Waals surface area contributed by atoms with Crippen molar-refractivity contribution in [3.05, 3.63) is 90.1 Å². The molecule has 0 atom stereocenters. The number of nitrogens with zero attached hydrogens (tertiary/aromatic N) is 3. The summed E-state index contributed by atoms with van der Waals surface area (Å²) >= 11 is 0. The van der Waals surface area contributed by atoms with Gasteiger partial charge in [-0.05, 0) is 94.6 Å². The Hall–Kier alpha value is -4.63. The summed E-state index contributed by atoms with van der Waals surface area (Å²) < 4.78 is 13.2. The first-order valence-corrected chi connectivity index (χ1v) is 16.2. The number of Topliss-reactive ketones (excluding diaryl/α,β-unsaturated/α-hetero) is 1. The number of anilines is 1. The van der Waals surface area contributed by atoms with Crippen molar-refractivity contribution < 1.29 is 23.9 Å². The first-order valence-electron chi connectivity index (χ1n) is 16.2. The van der Waals surface area contributed by atoms with Crippen LogP contribution in [0.1, 0.15) is 57.5 Å². The highest BCUT2D eigenvalue weighted by molar-refractivity contribution is 6.02. The third-order valence-corrected chi connectivity index (χ3v) is 7.97. The molecule has 1 fully saturated rings. The van der Waals surface area contributed by atoms with Crippen LogP contribution in [-0.4, -0.2) is 76.3 Å². The van der Waals surface area contributed by atoms with Gasteiger partial charge in [-0.25, -0.2) is 9.59 Å². The number of piperazine rings is 1. The molecule has 0 spiro atoms. The number of nitrogens with one attached hydrogen (secondary N) is 1. The maximum atomic E-state index is 13.7. The van der Waals surface area contributed by atoms with Crippen molar-refractivity contribution in [3.8, 4) is 11.1 Å². The van der Waals surface area contributed by atoms with E-state index in [0.717, 1.165) is 48.2 Å². The molecule has 4 aromatic rings. The summed E-state index contributed by atoms with van der Waals surface area (Å²) in [6.07, 6.45) is 1.36. The number of hydrogen-bond acceptors (Lipinski definition) is 6. The second kappa shape index (κ2) is 14.0. The standard InChI is InChI=1S/C38H46N4O5/c1-37(2,3)46-35(44)39-32-14-12-28(27-10-8-7-9-11-27)24-31(32)26-34(43)30-13-15-33-29(25-30)16-17-41(33)21-18-40-19-22-42(23-20-40)36(45)47-38(4,5)6/h7-17,24-25H,18-23,26H2,1-6H3,(H,39,44). The van der Waals surface area contributed by atoms with Crippen LogP contribution in [0.2, 0.25) is 0 Å². The van der Waals surface area contributed by atoms with Crippen LogP contribution in [0.25, 0.3) is 22.0 Å². The summed E-state index contributed by atoms with van der Waals surface area (Å²) in [7, 11) is 0. The van der Waals surface area contributed by atoms with Crippen LogP contribution in [0.4, 0.5) is 15.3 Å². The highest BCUT2D eigenvalue weighted by Crippen LogP contribution is 2.28. The number of rotatable bonds is 8. The fourth-order valence-electron chi connectivity index (χ4n) is 5.66. The summed E-state index contributed by atoms with van der Waals surface area (Å²) in [4.78, 5) is 42.8. The molecule has 1 aliphatic heterocycles. The molecule has 47 heavy (non-hydrogen) atoms. The highest BCUT2D eigenvalue weighted by Gasteiger charge is 2.26. The summed E-state index contributed by atoms with van der Waals surface area (Å²) in [5, 5.41) is 3.84. The average Bonchev–Trinajstić information content (AvgIpc) is 3.42. The van der Waals surface area contributed by atoms with Crippen LogP contribution < -0.4 is 5.32 Å². The highest BCUT2D eigenvalue weighted by atomic mass is 16.6. The van der Waals surface area contributed by atoms with Crippen LogP contribution in [0, 0.1) is 0 Å². The summed E-state index contributed by atoms with van der Waals surface area (Å²) in [6, 6.07) is 23.5. The van der Waals surface area contributed by atoms with Crippen molar-refractivity contribution in [2.24, 2.45) is 0 Å². The molecule has 2 amide bonds. The van der Waals surface area contributed by atoms with Gasteiger partial charge < -0.3 is 18.9 Å². The molecule has 248 valence electrons. The first kappa shape index (κ1) is 33.7. The number of ether oxygens (including phenoxy) is 2. The minimum Gasteiger partial charge on any atom is -0.444 e. The fourth-order valence-corrected chi connectivity index (χ4v) is 5.66. The summed E-state index contributed by atoms with van der Waals surface area (Å²) in [6.45, 7) is 15.6. The van der Waals surface area contributed by atoms with Crippen LogP contribution in [0.5, 0.6) is 0 Å². The van der Waals surface area contributed by atoms with Gasteiger partial charge in [0.2, 0.25) is 0 Å². The van der Waals surface area contributed by atoms with Crippen molar-refractivity contribution in [1.29, 1.82) is 0 Å². The van der Waals surface area contributed by atoms with Gasteiger partial charge in [0, 0.05) is 74.0 Å². The molecule has 1 aliphatic rings. The largest absolute Gasteiger partial charge is 0.444 e. The number of ketones is 1. The third kappa shape index (κ3) is 9.23. The van der Waals surface area contributed by atoms with E-state index in [-0.39, 0.29) is 18.3 Å². The Balaban J connectivity index is 1.25. The predicted octanol–water partition coefficient (Wildman–Crippen LogP) is 7.63.